The van der Waals surface area contributed by atoms with Gasteiger partial charge in [-0.15, -0.1) is 0 Å². The second-order valence-corrected chi connectivity index (χ2v) is 5.97. The smallest absolute Gasteiger partial charge is 0.308 e. The molecule has 1 atom stereocenters. The van der Waals surface area contributed by atoms with Crippen LogP contribution in [-0.2, 0) is 6.54 Å². The molecule has 0 aliphatic rings. The van der Waals surface area contributed by atoms with E-state index in [2.05, 4.69) is 6.07 Å². The third kappa shape index (κ3) is 2.43. The van der Waals surface area contributed by atoms with Crippen LogP contribution in [-0.4, -0.2) is 9.67 Å². The van der Waals surface area contributed by atoms with Crippen LogP contribution < -0.4 is 4.87 Å². The van der Waals surface area contributed by atoms with E-state index in [0.717, 1.165) is 21.3 Å². The Kier molecular flexibility index (Phi) is 3.80. The zero-order chi connectivity index (χ0) is 15.7. The van der Waals surface area contributed by atoms with E-state index in [1.165, 1.54) is 11.3 Å². The fraction of sp³-hybridized carbons (Fsp3) is 0.176. The summed E-state index contributed by atoms with van der Waals surface area (Å²) in [4.78, 5) is 11.9. The van der Waals surface area contributed by atoms with Crippen molar-refractivity contribution >= 4 is 21.6 Å². The number of aliphatic hydroxyl groups is 1. The Bertz CT molecular complexity index is 916. The van der Waals surface area contributed by atoms with Crippen molar-refractivity contribution in [3.63, 3.8) is 0 Å². The topological polar surface area (TPSA) is 66.0 Å². The molecule has 0 saturated carbocycles. The highest BCUT2D eigenvalue weighted by molar-refractivity contribution is 7.16. The SMILES string of the molecule is CCn1c(=O)sc2ccc(C(O)c3ccc(C#N)cc3)cc21. The fourth-order valence-corrected chi connectivity index (χ4v) is 3.42. The molecule has 5 heteroatoms. The van der Waals surface area contributed by atoms with Gasteiger partial charge in [0.1, 0.15) is 6.10 Å². The van der Waals surface area contributed by atoms with Crippen molar-refractivity contribution < 1.29 is 5.11 Å². The molecule has 0 bridgehead atoms. The van der Waals surface area contributed by atoms with E-state index < -0.39 is 6.10 Å². The molecule has 1 aromatic heterocycles. The number of hydrogen-bond donors (Lipinski definition) is 1. The average Bonchev–Trinajstić information content (AvgIpc) is 2.88. The van der Waals surface area contributed by atoms with Gasteiger partial charge in [-0.25, -0.2) is 0 Å². The van der Waals surface area contributed by atoms with Gasteiger partial charge < -0.3 is 5.11 Å². The molecule has 0 fully saturated rings. The Labute approximate surface area is 131 Å². The number of benzene rings is 2. The normalized spacial score (nSPS) is 12.2. The standard InChI is InChI=1S/C17H14N2O2S/c1-2-19-14-9-13(7-8-15(14)22-17(19)21)16(20)12-5-3-11(10-18)4-6-12/h3-9,16,20H,2H2,1H3. The number of aliphatic hydroxyl groups excluding tert-OH is 1. The highest BCUT2D eigenvalue weighted by Gasteiger charge is 2.13. The van der Waals surface area contributed by atoms with Crippen molar-refractivity contribution in [1.82, 2.24) is 4.57 Å². The number of rotatable bonds is 3. The van der Waals surface area contributed by atoms with Gasteiger partial charge in [0.05, 0.1) is 21.8 Å². The molecule has 0 aliphatic carbocycles. The molecule has 0 radical (unpaired) electrons. The number of hydrogen-bond acceptors (Lipinski definition) is 4. The van der Waals surface area contributed by atoms with Crippen LogP contribution in [0, 0.1) is 11.3 Å². The molecule has 4 nitrogen and oxygen atoms in total. The van der Waals surface area contributed by atoms with Crippen molar-refractivity contribution in [3.05, 3.63) is 68.8 Å². The minimum absolute atomic E-state index is 0.0162. The quantitative estimate of drug-likeness (QED) is 0.808. The molecule has 110 valence electrons. The zero-order valence-electron chi connectivity index (χ0n) is 12.0. The largest absolute Gasteiger partial charge is 0.384 e. The Hall–Kier alpha value is -2.42. The highest BCUT2D eigenvalue weighted by Crippen LogP contribution is 2.26. The lowest BCUT2D eigenvalue weighted by Crippen LogP contribution is -2.10. The summed E-state index contributed by atoms with van der Waals surface area (Å²) in [6.07, 6.45) is -0.780. The summed E-state index contributed by atoms with van der Waals surface area (Å²) in [6, 6.07) is 14.5. The molecular formula is C17H14N2O2S. The van der Waals surface area contributed by atoms with E-state index in [1.54, 1.807) is 28.8 Å². The fourth-order valence-electron chi connectivity index (χ4n) is 2.48. The van der Waals surface area contributed by atoms with Gasteiger partial charge in [0.15, 0.2) is 0 Å². The van der Waals surface area contributed by atoms with Crippen molar-refractivity contribution in [2.75, 3.05) is 0 Å². The minimum atomic E-state index is -0.780. The summed E-state index contributed by atoms with van der Waals surface area (Å²) >= 11 is 1.21. The summed E-state index contributed by atoms with van der Waals surface area (Å²) in [6.45, 7) is 2.53. The third-order valence-electron chi connectivity index (χ3n) is 3.68. The molecule has 0 saturated heterocycles. The van der Waals surface area contributed by atoms with Crippen LogP contribution in [0.15, 0.2) is 47.3 Å². The second kappa shape index (κ2) is 5.76. The lowest BCUT2D eigenvalue weighted by Gasteiger charge is -2.12. The number of nitrogens with zero attached hydrogens (tertiary/aromatic N) is 2. The van der Waals surface area contributed by atoms with Crippen LogP contribution in [0.1, 0.15) is 29.7 Å². The Morgan fingerprint density at radius 3 is 2.55 bits per heavy atom. The Morgan fingerprint density at radius 2 is 1.91 bits per heavy atom. The number of aromatic nitrogens is 1. The first kappa shape index (κ1) is 14.5. The predicted molar refractivity (Wildman–Crippen MR) is 87.0 cm³/mol. The molecule has 1 unspecified atom stereocenters. The van der Waals surface area contributed by atoms with E-state index in [4.69, 9.17) is 5.26 Å². The van der Waals surface area contributed by atoms with Gasteiger partial charge in [-0.3, -0.25) is 9.36 Å². The lowest BCUT2D eigenvalue weighted by molar-refractivity contribution is 0.220. The van der Waals surface area contributed by atoms with E-state index in [-0.39, 0.29) is 4.87 Å². The molecular weight excluding hydrogens is 296 g/mol. The highest BCUT2D eigenvalue weighted by atomic mass is 32.1. The summed E-state index contributed by atoms with van der Waals surface area (Å²) in [5.41, 5.74) is 2.86. The summed E-state index contributed by atoms with van der Waals surface area (Å²) in [5.74, 6) is 0. The van der Waals surface area contributed by atoms with Crippen LogP contribution in [0.4, 0.5) is 0 Å². The number of thiazole rings is 1. The van der Waals surface area contributed by atoms with Crippen molar-refractivity contribution in [2.45, 2.75) is 19.6 Å². The molecule has 0 spiro atoms. The van der Waals surface area contributed by atoms with E-state index in [1.807, 2.05) is 25.1 Å². The maximum atomic E-state index is 11.9. The molecule has 22 heavy (non-hydrogen) atoms. The maximum absolute atomic E-state index is 11.9. The molecule has 3 aromatic rings. The average molecular weight is 310 g/mol. The lowest BCUT2D eigenvalue weighted by atomic mass is 10.0. The first-order chi connectivity index (χ1) is 10.6. The minimum Gasteiger partial charge on any atom is -0.384 e. The first-order valence-corrected chi connectivity index (χ1v) is 7.77. The van der Waals surface area contributed by atoms with Crippen LogP contribution in [0.5, 0.6) is 0 Å². The van der Waals surface area contributed by atoms with Gasteiger partial charge in [-0.1, -0.05) is 29.5 Å². The van der Waals surface area contributed by atoms with E-state index >= 15 is 0 Å². The summed E-state index contributed by atoms with van der Waals surface area (Å²) < 4.78 is 2.62. The van der Waals surface area contributed by atoms with Crippen molar-refractivity contribution in [3.8, 4) is 6.07 Å². The first-order valence-electron chi connectivity index (χ1n) is 6.95. The number of nitriles is 1. The van der Waals surface area contributed by atoms with Gasteiger partial charge in [-0.05, 0) is 42.3 Å². The molecule has 2 aromatic carbocycles. The summed E-state index contributed by atoms with van der Waals surface area (Å²) in [7, 11) is 0. The van der Waals surface area contributed by atoms with Crippen molar-refractivity contribution in [1.29, 1.82) is 5.26 Å². The zero-order valence-corrected chi connectivity index (χ0v) is 12.8. The monoisotopic (exact) mass is 310 g/mol. The number of fused-ring (bicyclic) bond motifs is 1. The molecule has 1 N–H and O–H groups in total. The molecule has 3 rings (SSSR count). The molecule has 0 aliphatic heterocycles. The Morgan fingerprint density at radius 1 is 1.23 bits per heavy atom. The van der Waals surface area contributed by atoms with Gasteiger partial charge in [0.25, 0.3) is 0 Å². The van der Waals surface area contributed by atoms with Crippen LogP contribution >= 0.6 is 11.3 Å². The van der Waals surface area contributed by atoms with Gasteiger partial charge in [0, 0.05) is 6.54 Å². The van der Waals surface area contributed by atoms with E-state index in [9.17, 15) is 9.90 Å². The van der Waals surface area contributed by atoms with Crippen LogP contribution in [0.2, 0.25) is 0 Å². The number of aryl methyl sites for hydroxylation is 1. The maximum Gasteiger partial charge on any atom is 0.308 e. The molecule has 1 heterocycles. The van der Waals surface area contributed by atoms with E-state index in [0.29, 0.717) is 12.1 Å². The summed E-state index contributed by atoms with van der Waals surface area (Å²) in [5, 5.41) is 19.3. The second-order valence-electron chi connectivity index (χ2n) is 4.98. The van der Waals surface area contributed by atoms with Crippen LogP contribution in [0.25, 0.3) is 10.2 Å². The van der Waals surface area contributed by atoms with Crippen LogP contribution in [0.3, 0.4) is 0 Å². The van der Waals surface area contributed by atoms with Gasteiger partial charge in [0.2, 0.25) is 0 Å². The predicted octanol–water partition coefficient (Wildman–Crippen LogP) is 3.04. The Balaban J connectivity index is 2.05. The third-order valence-corrected chi connectivity index (χ3v) is 4.64. The molecule has 0 amide bonds. The van der Waals surface area contributed by atoms with Crippen molar-refractivity contribution in [2.24, 2.45) is 0 Å². The van der Waals surface area contributed by atoms with Gasteiger partial charge >= 0.3 is 4.87 Å². The van der Waals surface area contributed by atoms with Gasteiger partial charge in [-0.2, -0.15) is 5.26 Å².